The van der Waals surface area contributed by atoms with E-state index in [-0.39, 0.29) is 5.56 Å². The maximum absolute atomic E-state index is 10.8. The summed E-state index contributed by atoms with van der Waals surface area (Å²) in [7, 11) is 0. The number of pyridine rings is 1. The van der Waals surface area contributed by atoms with Gasteiger partial charge in [-0.2, -0.15) is 0 Å². The van der Waals surface area contributed by atoms with Crippen LogP contribution in [0, 0.1) is 0 Å². The Kier molecular flexibility index (Phi) is 6.60. The van der Waals surface area contributed by atoms with Gasteiger partial charge in [-0.15, -0.1) is 0 Å². The maximum atomic E-state index is 10.8. The van der Waals surface area contributed by atoms with Crippen LogP contribution in [-0.2, 0) is 13.0 Å². The highest BCUT2D eigenvalue weighted by molar-refractivity contribution is 5.87. The molecule has 0 atom stereocenters. The lowest BCUT2D eigenvalue weighted by Crippen LogP contribution is -2.00. The summed E-state index contributed by atoms with van der Waals surface area (Å²) in [4.78, 5) is 14.7. The van der Waals surface area contributed by atoms with Gasteiger partial charge in [0.05, 0.1) is 5.56 Å². The molecule has 0 saturated heterocycles. The van der Waals surface area contributed by atoms with E-state index in [9.17, 15) is 4.79 Å². The summed E-state index contributed by atoms with van der Waals surface area (Å²) in [5.74, 6) is -0.558. The topological polar surface area (TPSA) is 59.4 Å². The molecular weight excluding hydrogens is 290 g/mol. The van der Waals surface area contributed by atoms with Crippen molar-refractivity contribution in [3.63, 3.8) is 0 Å². The zero-order valence-electron chi connectivity index (χ0n) is 13.5. The second kappa shape index (κ2) is 8.93. The zero-order valence-corrected chi connectivity index (χ0v) is 13.5. The summed E-state index contributed by atoms with van der Waals surface area (Å²) in [6.45, 7) is 2.65. The molecule has 0 aliphatic carbocycles. The first-order valence-electron chi connectivity index (χ1n) is 8.09. The van der Waals surface area contributed by atoms with Crippen molar-refractivity contribution in [1.29, 1.82) is 0 Å². The normalized spacial score (nSPS) is 10.5. The fraction of sp³-hybridized carbons (Fsp3) is 0.368. The van der Waals surface area contributed by atoms with E-state index in [1.54, 1.807) is 6.07 Å². The molecule has 0 fully saturated rings. The standard InChI is InChI=1S/C19H23NO3/c1-2-3-4-5-6-15-7-9-16(10-8-15)14-23-18-12-11-17(13-20-18)19(21)22/h7-13H,2-6,14H2,1H3,(H,21,22). The lowest BCUT2D eigenvalue weighted by atomic mass is 10.0. The summed E-state index contributed by atoms with van der Waals surface area (Å²) < 4.78 is 5.58. The fourth-order valence-corrected chi connectivity index (χ4v) is 2.31. The van der Waals surface area contributed by atoms with Crippen LogP contribution in [0.3, 0.4) is 0 Å². The van der Waals surface area contributed by atoms with Gasteiger partial charge in [0.2, 0.25) is 5.88 Å². The van der Waals surface area contributed by atoms with Crippen LogP contribution in [0.25, 0.3) is 0 Å². The van der Waals surface area contributed by atoms with E-state index < -0.39 is 5.97 Å². The molecule has 0 spiro atoms. The highest BCUT2D eigenvalue weighted by Gasteiger charge is 2.04. The number of aryl methyl sites for hydroxylation is 1. The van der Waals surface area contributed by atoms with Crippen LogP contribution < -0.4 is 4.74 Å². The van der Waals surface area contributed by atoms with Crippen molar-refractivity contribution >= 4 is 5.97 Å². The van der Waals surface area contributed by atoms with Crippen molar-refractivity contribution in [2.45, 2.75) is 45.6 Å². The number of unbranched alkanes of at least 4 members (excludes halogenated alkanes) is 3. The van der Waals surface area contributed by atoms with Gasteiger partial charge < -0.3 is 9.84 Å². The van der Waals surface area contributed by atoms with Crippen LogP contribution in [0.1, 0.15) is 54.1 Å². The van der Waals surface area contributed by atoms with Gasteiger partial charge in [0.15, 0.2) is 0 Å². The number of ether oxygens (including phenoxy) is 1. The van der Waals surface area contributed by atoms with E-state index in [2.05, 4.69) is 36.2 Å². The first kappa shape index (κ1) is 17.0. The quantitative estimate of drug-likeness (QED) is 0.693. The highest BCUT2D eigenvalue weighted by atomic mass is 16.5. The molecule has 0 amide bonds. The van der Waals surface area contributed by atoms with E-state index in [0.717, 1.165) is 12.0 Å². The Morgan fingerprint density at radius 2 is 1.78 bits per heavy atom. The molecule has 1 aromatic heterocycles. The van der Waals surface area contributed by atoms with Crippen LogP contribution in [0.2, 0.25) is 0 Å². The molecule has 1 N–H and O–H groups in total. The van der Waals surface area contributed by atoms with Crippen molar-refractivity contribution in [2.24, 2.45) is 0 Å². The molecule has 2 aromatic rings. The Morgan fingerprint density at radius 3 is 2.39 bits per heavy atom. The van der Waals surface area contributed by atoms with Crippen molar-refractivity contribution in [3.8, 4) is 5.88 Å². The van der Waals surface area contributed by atoms with Crippen molar-refractivity contribution in [3.05, 3.63) is 59.3 Å². The number of carbonyl (C=O) groups is 1. The number of aromatic carboxylic acids is 1. The predicted octanol–water partition coefficient (Wildman–Crippen LogP) is 4.48. The third-order valence-corrected chi connectivity index (χ3v) is 3.71. The number of hydrogen-bond donors (Lipinski definition) is 1. The van der Waals surface area contributed by atoms with E-state index in [1.165, 1.54) is 43.5 Å². The largest absolute Gasteiger partial charge is 0.478 e. The van der Waals surface area contributed by atoms with Crippen LogP contribution in [0.4, 0.5) is 0 Å². The minimum absolute atomic E-state index is 0.157. The van der Waals surface area contributed by atoms with Crippen molar-refractivity contribution in [2.75, 3.05) is 0 Å². The van der Waals surface area contributed by atoms with Crippen LogP contribution >= 0.6 is 0 Å². The van der Waals surface area contributed by atoms with Crippen LogP contribution in [0.15, 0.2) is 42.6 Å². The van der Waals surface area contributed by atoms with E-state index in [0.29, 0.717) is 12.5 Å². The molecule has 0 aliphatic rings. The lowest BCUT2D eigenvalue weighted by Gasteiger charge is -2.07. The minimum atomic E-state index is -0.987. The number of carboxylic acids is 1. The molecular formula is C19H23NO3. The Labute approximate surface area is 137 Å². The first-order chi connectivity index (χ1) is 11.2. The fourth-order valence-electron chi connectivity index (χ4n) is 2.31. The smallest absolute Gasteiger partial charge is 0.337 e. The molecule has 1 aromatic carbocycles. The van der Waals surface area contributed by atoms with Crippen molar-refractivity contribution in [1.82, 2.24) is 4.98 Å². The number of benzene rings is 1. The maximum Gasteiger partial charge on any atom is 0.337 e. The summed E-state index contributed by atoms with van der Waals surface area (Å²) >= 11 is 0. The number of nitrogens with zero attached hydrogens (tertiary/aromatic N) is 1. The Bertz CT molecular complexity index is 606. The summed E-state index contributed by atoms with van der Waals surface area (Å²) in [5, 5.41) is 8.82. The second-order valence-corrected chi connectivity index (χ2v) is 5.61. The number of hydrogen-bond acceptors (Lipinski definition) is 3. The first-order valence-corrected chi connectivity index (χ1v) is 8.09. The lowest BCUT2D eigenvalue weighted by molar-refractivity contribution is 0.0696. The zero-order chi connectivity index (χ0) is 16.5. The highest BCUT2D eigenvalue weighted by Crippen LogP contribution is 2.13. The Balaban J connectivity index is 1.80. The average Bonchev–Trinajstić information content (AvgIpc) is 2.58. The molecule has 23 heavy (non-hydrogen) atoms. The minimum Gasteiger partial charge on any atom is -0.478 e. The molecule has 0 radical (unpaired) electrons. The number of rotatable bonds is 9. The van der Waals surface area contributed by atoms with Gasteiger partial charge in [0, 0.05) is 12.3 Å². The van der Waals surface area contributed by atoms with Crippen LogP contribution in [0.5, 0.6) is 5.88 Å². The molecule has 2 rings (SSSR count). The Hall–Kier alpha value is -2.36. The van der Waals surface area contributed by atoms with E-state index in [4.69, 9.17) is 9.84 Å². The molecule has 0 saturated carbocycles. The third-order valence-electron chi connectivity index (χ3n) is 3.71. The van der Waals surface area contributed by atoms with Gasteiger partial charge in [-0.1, -0.05) is 50.5 Å². The van der Waals surface area contributed by atoms with Gasteiger partial charge >= 0.3 is 5.97 Å². The molecule has 0 unspecified atom stereocenters. The molecule has 0 bridgehead atoms. The van der Waals surface area contributed by atoms with Crippen LogP contribution in [-0.4, -0.2) is 16.1 Å². The molecule has 1 heterocycles. The van der Waals surface area contributed by atoms with Gasteiger partial charge in [0.25, 0.3) is 0 Å². The predicted molar refractivity (Wildman–Crippen MR) is 89.8 cm³/mol. The molecule has 122 valence electrons. The molecule has 0 aliphatic heterocycles. The van der Waals surface area contributed by atoms with E-state index in [1.807, 2.05) is 0 Å². The Morgan fingerprint density at radius 1 is 1.04 bits per heavy atom. The van der Waals surface area contributed by atoms with Gasteiger partial charge in [-0.25, -0.2) is 9.78 Å². The van der Waals surface area contributed by atoms with Gasteiger partial charge in [-0.3, -0.25) is 0 Å². The van der Waals surface area contributed by atoms with Crippen molar-refractivity contribution < 1.29 is 14.6 Å². The number of carboxylic acid groups (broad SMARTS) is 1. The summed E-state index contributed by atoms with van der Waals surface area (Å²) in [6.07, 6.45) is 7.52. The van der Waals surface area contributed by atoms with E-state index >= 15 is 0 Å². The average molecular weight is 313 g/mol. The third kappa shape index (κ3) is 5.74. The summed E-state index contributed by atoms with van der Waals surface area (Å²) in [6, 6.07) is 11.5. The molecule has 4 heteroatoms. The van der Waals surface area contributed by atoms with Gasteiger partial charge in [0.1, 0.15) is 6.61 Å². The molecule has 4 nitrogen and oxygen atoms in total. The number of aromatic nitrogens is 1. The SMILES string of the molecule is CCCCCCc1ccc(COc2ccc(C(=O)O)cn2)cc1. The summed E-state index contributed by atoms with van der Waals surface area (Å²) in [5.41, 5.74) is 2.59. The second-order valence-electron chi connectivity index (χ2n) is 5.61. The van der Waals surface area contributed by atoms with Gasteiger partial charge in [-0.05, 0) is 30.0 Å². The monoisotopic (exact) mass is 313 g/mol.